The molecule has 2 saturated heterocycles. The number of furan rings is 1. The lowest BCUT2D eigenvalue weighted by atomic mass is 10.0. The van der Waals surface area contributed by atoms with Crippen molar-refractivity contribution in [2.24, 2.45) is 0 Å². The number of benzene rings is 2. The Kier molecular flexibility index (Phi) is 7.99. The Morgan fingerprint density at radius 3 is 2.68 bits per heavy atom. The first kappa shape index (κ1) is 27.0. The Morgan fingerprint density at radius 2 is 1.93 bits per heavy atom. The Morgan fingerprint density at radius 1 is 1.07 bits per heavy atom. The molecule has 2 fully saturated rings. The van der Waals surface area contributed by atoms with Gasteiger partial charge in [0.25, 0.3) is 0 Å². The number of Topliss-reactive ketones (excluding diaryl/α,β-unsaturated/α-hetero) is 1. The lowest BCUT2D eigenvalue weighted by Crippen LogP contribution is -2.37. The third-order valence-corrected chi connectivity index (χ3v) is 7.90. The topological polar surface area (TPSA) is 97.8 Å². The summed E-state index contributed by atoms with van der Waals surface area (Å²) < 4.78 is 23.6. The second-order valence-electron chi connectivity index (χ2n) is 10.6. The Labute approximate surface area is 239 Å². The van der Waals surface area contributed by atoms with Crippen LogP contribution in [-0.2, 0) is 4.74 Å². The summed E-state index contributed by atoms with van der Waals surface area (Å²) in [6.07, 6.45) is 6.02. The molecule has 0 unspecified atom stereocenters. The summed E-state index contributed by atoms with van der Waals surface area (Å²) in [6.45, 7) is 4.59. The van der Waals surface area contributed by atoms with Crippen LogP contribution in [0.2, 0.25) is 0 Å². The Hall–Kier alpha value is -4.19. The molecule has 4 heterocycles. The molecule has 0 amide bonds. The standard InChI is InChI=1S/C33H33N3O5/c1-38-31-19-23(29(37)4-2-13-36-14-3-15-36)5-7-27(31)32-20-28-33(41-32)26(9-12-35-28)22-6-8-30(24(18-22)21-34)40-25-10-16-39-17-11-25/h5-9,12,18-20,25H,2-4,10-11,13-17H2,1H3. The van der Waals surface area contributed by atoms with Gasteiger partial charge in [-0.15, -0.1) is 0 Å². The minimum atomic E-state index is 0.0453. The van der Waals surface area contributed by atoms with Gasteiger partial charge in [0.05, 0.1) is 31.5 Å². The molecule has 2 aromatic heterocycles. The summed E-state index contributed by atoms with van der Waals surface area (Å²) in [4.78, 5) is 19.7. The molecular weight excluding hydrogens is 518 g/mol. The van der Waals surface area contributed by atoms with E-state index in [0.29, 0.717) is 59.1 Å². The maximum absolute atomic E-state index is 12.8. The number of nitrogens with zero attached hydrogens (tertiary/aromatic N) is 3. The van der Waals surface area contributed by atoms with Crippen LogP contribution in [0.3, 0.4) is 0 Å². The maximum atomic E-state index is 12.8. The molecular formula is C33H33N3O5. The molecule has 4 aromatic rings. The van der Waals surface area contributed by atoms with Crippen molar-refractivity contribution in [3.63, 3.8) is 0 Å². The van der Waals surface area contributed by atoms with Crippen molar-refractivity contribution in [3.8, 4) is 40.0 Å². The van der Waals surface area contributed by atoms with Gasteiger partial charge < -0.3 is 23.5 Å². The SMILES string of the molecule is COc1cc(C(=O)CCCN2CCC2)ccc1-c1cc2nccc(-c3ccc(OC4CCOCC4)c(C#N)c3)c2o1. The second-order valence-corrected chi connectivity index (χ2v) is 10.6. The lowest BCUT2D eigenvalue weighted by Gasteiger charge is -2.30. The Bertz CT molecular complexity index is 1590. The van der Waals surface area contributed by atoms with Crippen molar-refractivity contribution in [1.29, 1.82) is 5.26 Å². The van der Waals surface area contributed by atoms with Gasteiger partial charge in [-0.2, -0.15) is 5.26 Å². The maximum Gasteiger partial charge on any atom is 0.163 e. The predicted molar refractivity (Wildman–Crippen MR) is 155 cm³/mol. The molecule has 8 heteroatoms. The van der Waals surface area contributed by atoms with Crippen LogP contribution >= 0.6 is 0 Å². The zero-order valence-corrected chi connectivity index (χ0v) is 23.2. The van der Waals surface area contributed by atoms with E-state index in [4.69, 9.17) is 18.6 Å². The van der Waals surface area contributed by atoms with E-state index in [-0.39, 0.29) is 11.9 Å². The van der Waals surface area contributed by atoms with Gasteiger partial charge in [0.1, 0.15) is 34.9 Å². The molecule has 0 bridgehead atoms. The summed E-state index contributed by atoms with van der Waals surface area (Å²) in [6, 6.07) is 17.1. The lowest BCUT2D eigenvalue weighted by molar-refractivity contribution is 0.0254. The van der Waals surface area contributed by atoms with Gasteiger partial charge in [-0.05, 0) is 68.4 Å². The van der Waals surface area contributed by atoms with E-state index in [0.717, 1.165) is 55.6 Å². The fourth-order valence-electron chi connectivity index (χ4n) is 5.44. The van der Waals surface area contributed by atoms with E-state index >= 15 is 0 Å². The van der Waals surface area contributed by atoms with Gasteiger partial charge in [-0.25, -0.2) is 0 Å². The third-order valence-electron chi connectivity index (χ3n) is 7.90. The van der Waals surface area contributed by atoms with Gasteiger partial charge >= 0.3 is 0 Å². The van der Waals surface area contributed by atoms with Crippen LogP contribution in [0.1, 0.15) is 48.0 Å². The molecule has 2 aromatic carbocycles. The highest BCUT2D eigenvalue weighted by Crippen LogP contribution is 2.38. The largest absolute Gasteiger partial charge is 0.496 e. The fourth-order valence-corrected chi connectivity index (χ4v) is 5.44. The van der Waals surface area contributed by atoms with Crippen molar-refractivity contribution in [2.45, 2.75) is 38.2 Å². The second kappa shape index (κ2) is 12.1. The van der Waals surface area contributed by atoms with Crippen LogP contribution in [0, 0.1) is 11.3 Å². The zero-order valence-electron chi connectivity index (χ0n) is 23.2. The van der Waals surface area contributed by atoms with Gasteiger partial charge in [-0.3, -0.25) is 9.78 Å². The van der Waals surface area contributed by atoms with Crippen LogP contribution in [0.5, 0.6) is 11.5 Å². The number of hydrogen-bond donors (Lipinski definition) is 0. The summed E-state index contributed by atoms with van der Waals surface area (Å²) in [5, 5.41) is 9.86. The van der Waals surface area contributed by atoms with E-state index < -0.39 is 0 Å². The van der Waals surface area contributed by atoms with Gasteiger partial charge in [-0.1, -0.05) is 12.1 Å². The van der Waals surface area contributed by atoms with Gasteiger partial charge in [0, 0.05) is 42.7 Å². The molecule has 41 heavy (non-hydrogen) atoms. The van der Waals surface area contributed by atoms with Crippen LogP contribution in [-0.4, -0.2) is 61.7 Å². The van der Waals surface area contributed by atoms with E-state index in [1.54, 1.807) is 19.4 Å². The number of ether oxygens (including phenoxy) is 3. The number of aromatic nitrogens is 1. The van der Waals surface area contributed by atoms with Crippen LogP contribution < -0.4 is 9.47 Å². The van der Waals surface area contributed by atoms with Crippen molar-refractivity contribution >= 4 is 16.9 Å². The number of pyridine rings is 1. The predicted octanol–water partition coefficient (Wildman–Crippen LogP) is 6.27. The van der Waals surface area contributed by atoms with E-state index in [1.165, 1.54) is 6.42 Å². The zero-order chi connectivity index (χ0) is 28.2. The van der Waals surface area contributed by atoms with Crippen molar-refractivity contribution in [3.05, 3.63) is 65.9 Å². The quantitative estimate of drug-likeness (QED) is 0.213. The average molecular weight is 552 g/mol. The molecule has 0 atom stereocenters. The molecule has 2 aliphatic rings. The minimum Gasteiger partial charge on any atom is -0.496 e. The first-order valence-electron chi connectivity index (χ1n) is 14.2. The highest BCUT2D eigenvalue weighted by Gasteiger charge is 2.20. The fraction of sp³-hybridized carbons (Fsp3) is 0.364. The van der Waals surface area contributed by atoms with Gasteiger partial charge in [0.2, 0.25) is 0 Å². The summed E-state index contributed by atoms with van der Waals surface area (Å²) in [5.41, 5.74) is 4.80. The van der Waals surface area contributed by atoms with Crippen molar-refractivity contribution in [2.75, 3.05) is 40.0 Å². The van der Waals surface area contributed by atoms with Gasteiger partial charge in [0.15, 0.2) is 11.4 Å². The molecule has 210 valence electrons. The number of likely N-dealkylation sites (tertiary alicyclic amines) is 1. The van der Waals surface area contributed by atoms with Crippen molar-refractivity contribution < 1.29 is 23.4 Å². The molecule has 0 spiro atoms. The number of rotatable bonds is 10. The molecule has 0 radical (unpaired) electrons. The number of nitriles is 1. The number of carbonyl (C=O) groups is 1. The first-order chi connectivity index (χ1) is 20.1. The Balaban J connectivity index is 1.25. The van der Waals surface area contributed by atoms with Crippen LogP contribution in [0.4, 0.5) is 0 Å². The number of hydrogen-bond acceptors (Lipinski definition) is 8. The molecule has 0 N–H and O–H groups in total. The normalized spacial score (nSPS) is 15.8. The minimum absolute atomic E-state index is 0.0453. The van der Waals surface area contributed by atoms with E-state index in [9.17, 15) is 10.1 Å². The average Bonchev–Trinajstić information content (AvgIpc) is 3.43. The molecule has 2 aliphatic heterocycles. The number of carbonyl (C=O) groups excluding carboxylic acids is 1. The molecule has 0 saturated carbocycles. The summed E-state index contributed by atoms with van der Waals surface area (Å²) in [7, 11) is 1.59. The molecule has 6 rings (SSSR count). The number of ketones is 1. The summed E-state index contributed by atoms with van der Waals surface area (Å²) >= 11 is 0. The molecule has 0 aliphatic carbocycles. The van der Waals surface area contributed by atoms with Crippen LogP contribution in [0.15, 0.2) is 59.1 Å². The number of methoxy groups -OCH3 is 1. The highest BCUT2D eigenvalue weighted by atomic mass is 16.5. The third kappa shape index (κ3) is 5.83. The number of fused-ring (bicyclic) bond motifs is 1. The van der Waals surface area contributed by atoms with E-state index in [1.807, 2.05) is 42.5 Å². The monoisotopic (exact) mass is 551 g/mol. The highest BCUT2D eigenvalue weighted by molar-refractivity contribution is 5.98. The summed E-state index contributed by atoms with van der Waals surface area (Å²) in [5.74, 6) is 1.85. The molecule has 8 nitrogen and oxygen atoms in total. The van der Waals surface area contributed by atoms with E-state index in [2.05, 4.69) is 16.0 Å². The van der Waals surface area contributed by atoms with Crippen LogP contribution in [0.25, 0.3) is 33.6 Å². The first-order valence-corrected chi connectivity index (χ1v) is 14.2. The van der Waals surface area contributed by atoms with Crippen molar-refractivity contribution in [1.82, 2.24) is 9.88 Å². The smallest absolute Gasteiger partial charge is 0.163 e.